The van der Waals surface area contributed by atoms with Crippen LogP contribution in [0.2, 0.25) is 0 Å². The van der Waals surface area contributed by atoms with E-state index in [9.17, 15) is 19.7 Å². The van der Waals surface area contributed by atoms with E-state index in [1.165, 1.54) is 29.8 Å². The smallest absolute Gasteiger partial charge is 0.273 e. The molecular weight excluding hydrogens is 374 g/mol. The second kappa shape index (κ2) is 8.34. The van der Waals surface area contributed by atoms with Crippen LogP contribution in [0.15, 0.2) is 60.9 Å². The van der Waals surface area contributed by atoms with E-state index in [1.807, 2.05) is 0 Å². The molecule has 9 heteroatoms. The van der Waals surface area contributed by atoms with E-state index in [0.29, 0.717) is 11.4 Å². The number of benzene rings is 2. The van der Waals surface area contributed by atoms with Crippen molar-refractivity contribution >= 4 is 28.9 Å². The van der Waals surface area contributed by atoms with E-state index in [0.717, 1.165) is 0 Å². The molecule has 0 aliphatic rings. The normalized spacial score (nSPS) is 11.5. The van der Waals surface area contributed by atoms with Gasteiger partial charge in [0.1, 0.15) is 6.04 Å². The predicted octanol–water partition coefficient (Wildman–Crippen LogP) is 3.55. The van der Waals surface area contributed by atoms with Crippen LogP contribution < -0.4 is 10.6 Å². The Morgan fingerprint density at radius 1 is 1.10 bits per heavy atom. The van der Waals surface area contributed by atoms with Gasteiger partial charge in [0.2, 0.25) is 5.91 Å². The maximum atomic E-state index is 12.6. The molecule has 3 rings (SSSR count). The number of anilines is 2. The Balaban J connectivity index is 1.73. The first-order chi connectivity index (χ1) is 13.9. The van der Waals surface area contributed by atoms with E-state index >= 15 is 0 Å². The Morgan fingerprint density at radius 2 is 1.79 bits per heavy atom. The number of carbonyl (C=O) groups is 2. The van der Waals surface area contributed by atoms with Gasteiger partial charge in [-0.2, -0.15) is 5.10 Å². The molecule has 148 valence electrons. The lowest BCUT2D eigenvalue weighted by atomic mass is 10.1. The summed E-state index contributed by atoms with van der Waals surface area (Å²) < 4.78 is 1.53. The van der Waals surface area contributed by atoms with Gasteiger partial charge < -0.3 is 10.6 Å². The van der Waals surface area contributed by atoms with Gasteiger partial charge in [-0.05, 0) is 44.2 Å². The highest BCUT2D eigenvalue weighted by Gasteiger charge is 2.19. The fourth-order valence-corrected chi connectivity index (χ4v) is 2.82. The second-order valence-corrected chi connectivity index (χ2v) is 6.39. The van der Waals surface area contributed by atoms with Crippen LogP contribution >= 0.6 is 0 Å². The summed E-state index contributed by atoms with van der Waals surface area (Å²) in [5.41, 5.74) is 1.33. The van der Waals surface area contributed by atoms with Crippen LogP contribution in [0.5, 0.6) is 0 Å². The molecule has 0 bridgehead atoms. The van der Waals surface area contributed by atoms with Gasteiger partial charge in [0.05, 0.1) is 4.92 Å². The van der Waals surface area contributed by atoms with Crippen molar-refractivity contribution < 1.29 is 14.5 Å². The van der Waals surface area contributed by atoms with Gasteiger partial charge in [0, 0.05) is 41.0 Å². The topological polar surface area (TPSA) is 119 Å². The Bertz CT molecular complexity index is 1060. The third-order valence-electron chi connectivity index (χ3n) is 4.44. The Morgan fingerprint density at radius 3 is 2.45 bits per heavy atom. The third kappa shape index (κ3) is 4.46. The summed E-state index contributed by atoms with van der Waals surface area (Å²) in [6.45, 7) is 3.25. The summed E-state index contributed by atoms with van der Waals surface area (Å²) in [7, 11) is 0. The van der Waals surface area contributed by atoms with E-state index in [1.54, 1.807) is 49.6 Å². The summed E-state index contributed by atoms with van der Waals surface area (Å²) in [6.07, 6.45) is 3.29. The quantitative estimate of drug-likeness (QED) is 0.490. The minimum absolute atomic E-state index is 0.119. The van der Waals surface area contributed by atoms with Crippen molar-refractivity contribution in [3.8, 4) is 0 Å². The first kappa shape index (κ1) is 19.7. The van der Waals surface area contributed by atoms with Crippen molar-refractivity contribution in [2.24, 2.45) is 0 Å². The molecule has 2 aromatic carbocycles. The number of nitro groups is 1. The molecule has 3 aromatic rings. The van der Waals surface area contributed by atoms with Crippen LogP contribution in [0.1, 0.15) is 28.9 Å². The largest absolute Gasteiger partial charge is 0.324 e. The van der Waals surface area contributed by atoms with Gasteiger partial charge in [-0.3, -0.25) is 24.4 Å². The molecule has 0 aliphatic carbocycles. The van der Waals surface area contributed by atoms with E-state index < -0.39 is 16.9 Å². The van der Waals surface area contributed by atoms with Crippen LogP contribution in [-0.4, -0.2) is 26.5 Å². The lowest BCUT2D eigenvalue weighted by Gasteiger charge is -2.14. The third-order valence-corrected chi connectivity index (χ3v) is 4.44. The monoisotopic (exact) mass is 393 g/mol. The molecule has 1 atom stereocenters. The van der Waals surface area contributed by atoms with Crippen LogP contribution in [0, 0.1) is 17.0 Å². The summed E-state index contributed by atoms with van der Waals surface area (Å²) in [6, 6.07) is 12.2. The van der Waals surface area contributed by atoms with Gasteiger partial charge >= 0.3 is 0 Å². The molecular formula is C20H19N5O4. The van der Waals surface area contributed by atoms with E-state index in [4.69, 9.17) is 0 Å². The summed E-state index contributed by atoms with van der Waals surface area (Å²) in [4.78, 5) is 35.5. The molecule has 9 nitrogen and oxygen atoms in total. The number of amides is 2. The molecule has 0 aliphatic heterocycles. The fraction of sp³-hybridized carbons (Fsp3) is 0.150. The van der Waals surface area contributed by atoms with Crippen molar-refractivity contribution in [1.29, 1.82) is 0 Å². The predicted molar refractivity (Wildman–Crippen MR) is 108 cm³/mol. The molecule has 1 heterocycles. The number of hydrogen-bond donors (Lipinski definition) is 2. The standard InChI is InChI=1S/C20H19N5O4/c1-13-17(8-4-9-18(13)25(28)29)20(27)23-16-7-3-6-15(12-16)22-19(26)14(2)24-11-5-10-21-24/h3-12,14H,1-2H3,(H,22,26)(H,23,27). The van der Waals surface area contributed by atoms with Gasteiger partial charge in [0.25, 0.3) is 11.6 Å². The number of nitrogens with one attached hydrogen (secondary N) is 2. The maximum absolute atomic E-state index is 12.6. The lowest BCUT2D eigenvalue weighted by Crippen LogP contribution is -2.24. The van der Waals surface area contributed by atoms with E-state index in [2.05, 4.69) is 15.7 Å². The average Bonchev–Trinajstić information content (AvgIpc) is 3.22. The summed E-state index contributed by atoms with van der Waals surface area (Å²) in [5.74, 6) is -0.730. The van der Waals surface area contributed by atoms with Crippen LogP contribution in [0.25, 0.3) is 0 Å². The molecule has 0 spiro atoms. The SMILES string of the molecule is Cc1c(C(=O)Nc2cccc(NC(=O)C(C)n3cccn3)c2)cccc1[N+](=O)[O-]. The number of rotatable bonds is 6. The summed E-state index contributed by atoms with van der Waals surface area (Å²) >= 11 is 0. The maximum Gasteiger partial charge on any atom is 0.273 e. The van der Waals surface area contributed by atoms with Gasteiger partial charge in [-0.15, -0.1) is 0 Å². The minimum Gasteiger partial charge on any atom is -0.324 e. The lowest BCUT2D eigenvalue weighted by molar-refractivity contribution is -0.385. The molecule has 2 N–H and O–H groups in total. The Kier molecular flexibility index (Phi) is 5.68. The molecule has 1 aromatic heterocycles. The number of nitrogens with zero attached hydrogens (tertiary/aromatic N) is 3. The van der Waals surface area contributed by atoms with Crippen LogP contribution in [-0.2, 0) is 4.79 Å². The van der Waals surface area contributed by atoms with Crippen LogP contribution in [0.4, 0.5) is 17.1 Å². The van der Waals surface area contributed by atoms with Crippen LogP contribution in [0.3, 0.4) is 0 Å². The number of hydrogen-bond acceptors (Lipinski definition) is 5. The fourth-order valence-electron chi connectivity index (χ4n) is 2.82. The Hall–Kier alpha value is -4.01. The molecule has 0 fully saturated rings. The first-order valence-corrected chi connectivity index (χ1v) is 8.82. The number of aromatic nitrogens is 2. The zero-order valence-electron chi connectivity index (χ0n) is 15.8. The van der Waals surface area contributed by atoms with E-state index in [-0.39, 0.29) is 22.7 Å². The highest BCUT2D eigenvalue weighted by molar-refractivity contribution is 6.06. The molecule has 0 saturated carbocycles. The molecule has 2 amide bonds. The molecule has 0 saturated heterocycles. The van der Waals surface area contributed by atoms with Gasteiger partial charge in [0.15, 0.2) is 0 Å². The highest BCUT2D eigenvalue weighted by Crippen LogP contribution is 2.23. The minimum atomic E-state index is -0.525. The summed E-state index contributed by atoms with van der Waals surface area (Å²) in [5, 5.41) is 20.6. The Labute approximate surface area is 166 Å². The molecule has 29 heavy (non-hydrogen) atoms. The average molecular weight is 393 g/mol. The van der Waals surface area contributed by atoms with Crippen molar-refractivity contribution in [3.63, 3.8) is 0 Å². The van der Waals surface area contributed by atoms with Crippen molar-refractivity contribution in [2.75, 3.05) is 10.6 Å². The first-order valence-electron chi connectivity index (χ1n) is 8.82. The highest BCUT2D eigenvalue weighted by atomic mass is 16.6. The van der Waals surface area contributed by atoms with Crippen molar-refractivity contribution in [3.05, 3.63) is 82.2 Å². The molecule has 1 unspecified atom stereocenters. The number of carbonyl (C=O) groups excluding carboxylic acids is 2. The zero-order chi connectivity index (χ0) is 21.0. The van der Waals surface area contributed by atoms with Crippen molar-refractivity contribution in [1.82, 2.24) is 9.78 Å². The van der Waals surface area contributed by atoms with Gasteiger partial charge in [-0.1, -0.05) is 12.1 Å². The number of nitro benzene ring substituents is 1. The van der Waals surface area contributed by atoms with Crippen molar-refractivity contribution in [2.45, 2.75) is 19.9 Å². The second-order valence-electron chi connectivity index (χ2n) is 6.39. The molecule has 0 radical (unpaired) electrons. The van der Waals surface area contributed by atoms with Gasteiger partial charge in [-0.25, -0.2) is 0 Å². The zero-order valence-corrected chi connectivity index (χ0v) is 15.8.